The Bertz CT molecular complexity index is 1310. The van der Waals surface area contributed by atoms with Gasteiger partial charge in [0, 0.05) is 51.4 Å². The van der Waals surface area contributed by atoms with E-state index in [-0.39, 0.29) is 11.9 Å². The Hall–Kier alpha value is -2.96. The summed E-state index contributed by atoms with van der Waals surface area (Å²) >= 11 is 0. The number of hydrogen-bond acceptors (Lipinski definition) is 8. The molecule has 222 valence electrons. The highest BCUT2D eigenvalue weighted by Crippen LogP contribution is 2.34. The van der Waals surface area contributed by atoms with Gasteiger partial charge in [0.25, 0.3) is 6.43 Å². The molecule has 4 heterocycles. The molecule has 6 rings (SSSR count). The van der Waals surface area contributed by atoms with Crippen LogP contribution < -0.4 is 10.2 Å². The highest BCUT2D eigenvalue weighted by molar-refractivity contribution is 5.78. The highest BCUT2D eigenvalue weighted by atomic mass is 19.3. The second-order valence-corrected chi connectivity index (χ2v) is 11.3. The predicted molar refractivity (Wildman–Crippen MR) is 151 cm³/mol. The zero-order valence-electron chi connectivity index (χ0n) is 23.4. The number of halogens is 3. The first-order chi connectivity index (χ1) is 20.0. The lowest BCUT2D eigenvalue weighted by molar-refractivity contribution is 0.0680. The minimum absolute atomic E-state index is 0.158. The van der Waals surface area contributed by atoms with Crippen LogP contribution in [0.15, 0.2) is 30.3 Å². The molecule has 0 spiro atoms. The summed E-state index contributed by atoms with van der Waals surface area (Å²) in [6.45, 7) is 4.15. The fraction of sp³-hybridized carbons (Fsp3) is 0.621. The van der Waals surface area contributed by atoms with E-state index < -0.39 is 12.6 Å². The van der Waals surface area contributed by atoms with Gasteiger partial charge >= 0.3 is 0 Å². The molecule has 12 heteroatoms. The molecule has 3 fully saturated rings. The Morgan fingerprint density at radius 1 is 1.07 bits per heavy atom. The molecule has 2 saturated heterocycles. The number of methoxy groups -OCH3 is 1. The Kier molecular flexibility index (Phi) is 8.59. The van der Waals surface area contributed by atoms with Gasteiger partial charge in [-0.3, -0.25) is 9.47 Å². The third-order valence-electron chi connectivity index (χ3n) is 8.63. The van der Waals surface area contributed by atoms with Crippen molar-refractivity contribution in [1.29, 1.82) is 0 Å². The van der Waals surface area contributed by atoms with Crippen LogP contribution in [0.25, 0.3) is 16.9 Å². The molecule has 0 unspecified atom stereocenters. The molecular weight excluding hydrogens is 535 g/mol. The highest BCUT2D eigenvalue weighted by Gasteiger charge is 2.38. The van der Waals surface area contributed by atoms with Gasteiger partial charge in [0.05, 0.1) is 30.9 Å². The number of nitrogens with zero attached hydrogens (tertiary/aromatic N) is 6. The Labute approximate surface area is 238 Å². The van der Waals surface area contributed by atoms with E-state index in [1.807, 2.05) is 11.0 Å². The van der Waals surface area contributed by atoms with Gasteiger partial charge in [0.2, 0.25) is 5.95 Å². The monoisotopic (exact) mass is 573 g/mol. The van der Waals surface area contributed by atoms with E-state index in [0.717, 1.165) is 25.7 Å². The molecule has 1 saturated carbocycles. The fourth-order valence-electron chi connectivity index (χ4n) is 6.58. The quantitative estimate of drug-likeness (QED) is 0.397. The minimum Gasteiger partial charge on any atom is -0.383 e. The summed E-state index contributed by atoms with van der Waals surface area (Å²) in [5.74, 6) is 1.53. The second kappa shape index (κ2) is 12.5. The lowest BCUT2D eigenvalue weighted by atomic mass is 9.85. The maximum atomic E-state index is 14.2. The Morgan fingerprint density at radius 3 is 2.61 bits per heavy atom. The van der Waals surface area contributed by atoms with Gasteiger partial charge in [-0.2, -0.15) is 9.97 Å². The van der Waals surface area contributed by atoms with Crippen LogP contribution in [0.3, 0.4) is 0 Å². The van der Waals surface area contributed by atoms with E-state index in [4.69, 9.17) is 19.4 Å². The molecule has 1 aromatic carbocycles. The fourth-order valence-corrected chi connectivity index (χ4v) is 6.58. The molecule has 3 aliphatic rings. The summed E-state index contributed by atoms with van der Waals surface area (Å²) in [4.78, 5) is 18.1. The molecule has 2 aromatic heterocycles. The average molecular weight is 574 g/mol. The first-order valence-corrected chi connectivity index (χ1v) is 14.6. The molecule has 0 radical (unpaired) electrons. The van der Waals surface area contributed by atoms with Gasteiger partial charge in [-0.05, 0) is 50.2 Å². The maximum Gasteiger partial charge on any atom is 0.296 e. The molecule has 0 bridgehead atoms. The number of anilines is 2. The molecule has 0 amide bonds. The largest absolute Gasteiger partial charge is 0.383 e. The summed E-state index contributed by atoms with van der Waals surface area (Å²) in [6.07, 6.45) is 1.11. The Morgan fingerprint density at radius 2 is 1.85 bits per heavy atom. The molecular formula is C29H38F3N7O2. The van der Waals surface area contributed by atoms with E-state index >= 15 is 0 Å². The van der Waals surface area contributed by atoms with E-state index in [1.54, 1.807) is 31.4 Å². The second-order valence-electron chi connectivity index (χ2n) is 11.3. The first kappa shape index (κ1) is 28.2. The zero-order valence-corrected chi connectivity index (χ0v) is 23.4. The van der Waals surface area contributed by atoms with Crippen molar-refractivity contribution >= 4 is 22.8 Å². The molecule has 1 aliphatic carbocycles. The van der Waals surface area contributed by atoms with Crippen molar-refractivity contribution < 1.29 is 22.6 Å². The van der Waals surface area contributed by atoms with E-state index in [1.165, 1.54) is 4.57 Å². The number of para-hydroxylation sites is 2. The first-order valence-electron chi connectivity index (χ1n) is 14.6. The summed E-state index contributed by atoms with van der Waals surface area (Å²) in [5, 5.41) is 3.49. The number of morpholine rings is 1. The van der Waals surface area contributed by atoms with Crippen LogP contribution in [0.1, 0.15) is 44.4 Å². The summed E-state index contributed by atoms with van der Waals surface area (Å²) < 4.78 is 54.7. The minimum atomic E-state index is -2.76. The summed E-state index contributed by atoms with van der Waals surface area (Å²) in [5.41, 5.74) is 1.06. The van der Waals surface area contributed by atoms with E-state index in [9.17, 15) is 13.2 Å². The van der Waals surface area contributed by atoms with Crippen LogP contribution in [0.5, 0.6) is 0 Å². The van der Waals surface area contributed by atoms with Gasteiger partial charge in [-0.15, -0.1) is 0 Å². The topological polar surface area (TPSA) is 80.6 Å². The van der Waals surface area contributed by atoms with Crippen molar-refractivity contribution in [3.05, 3.63) is 36.2 Å². The summed E-state index contributed by atoms with van der Waals surface area (Å²) in [7, 11) is 1.68. The lowest BCUT2D eigenvalue weighted by Gasteiger charge is -2.37. The van der Waals surface area contributed by atoms with Gasteiger partial charge in [0.1, 0.15) is 17.8 Å². The number of nitrogens with one attached hydrogen (secondary N) is 1. The number of alkyl halides is 3. The number of hydrogen-bond donors (Lipinski definition) is 1. The van der Waals surface area contributed by atoms with Crippen molar-refractivity contribution in [3.8, 4) is 5.82 Å². The normalized spacial score (nSPS) is 25.8. The number of rotatable bonds is 9. The number of ether oxygens (including phenoxy) is 2. The number of benzene rings is 1. The van der Waals surface area contributed by atoms with Gasteiger partial charge in [0.15, 0.2) is 5.82 Å². The van der Waals surface area contributed by atoms with Crippen molar-refractivity contribution in [2.24, 2.45) is 5.92 Å². The molecule has 41 heavy (non-hydrogen) atoms. The Balaban J connectivity index is 1.20. The molecule has 2 atom stereocenters. The van der Waals surface area contributed by atoms with Crippen LogP contribution in [-0.2, 0) is 9.47 Å². The predicted octanol–water partition coefficient (Wildman–Crippen LogP) is 4.62. The number of fused-ring (bicyclic) bond motifs is 1. The number of aromatic nitrogens is 4. The molecule has 3 aromatic rings. The van der Waals surface area contributed by atoms with E-state index in [0.29, 0.717) is 93.0 Å². The van der Waals surface area contributed by atoms with Crippen LogP contribution in [0.2, 0.25) is 0 Å². The van der Waals surface area contributed by atoms with Crippen LogP contribution in [-0.4, -0.2) is 95.8 Å². The van der Waals surface area contributed by atoms with Crippen LogP contribution >= 0.6 is 0 Å². The van der Waals surface area contributed by atoms with Crippen LogP contribution in [0, 0.1) is 5.92 Å². The van der Waals surface area contributed by atoms with Gasteiger partial charge < -0.3 is 19.7 Å². The molecule has 1 N–H and O–H groups in total. The standard InChI is InChI=1S/C29H38F3N7O2/c1-40-18-22-14-20(30)17-38(22)21-8-6-19(7-9-21)16-33-25-15-26(36-29(35-25)37-10-12-41-13-11-37)39-24-5-3-2-4-23(24)34-28(39)27(31)32/h2-5,15,19-22,27H,6-14,16-18H2,1H3,(H,33,35,36)/t19-,20-,21-,22-/m0/s1. The third kappa shape index (κ3) is 6.14. The van der Waals surface area contributed by atoms with Crippen molar-refractivity contribution in [3.63, 3.8) is 0 Å². The third-order valence-corrected chi connectivity index (χ3v) is 8.63. The summed E-state index contributed by atoms with van der Waals surface area (Å²) in [6, 6.07) is 9.37. The van der Waals surface area contributed by atoms with Crippen molar-refractivity contribution in [2.45, 2.75) is 56.8 Å². The van der Waals surface area contributed by atoms with Gasteiger partial charge in [-0.25, -0.2) is 18.2 Å². The zero-order chi connectivity index (χ0) is 28.3. The van der Waals surface area contributed by atoms with Crippen molar-refractivity contribution in [1.82, 2.24) is 24.4 Å². The molecule has 2 aliphatic heterocycles. The number of likely N-dealkylation sites (tertiary alicyclic amines) is 1. The van der Waals surface area contributed by atoms with Gasteiger partial charge in [-0.1, -0.05) is 12.1 Å². The maximum absolute atomic E-state index is 14.2. The average Bonchev–Trinajstić information content (AvgIpc) is 3.57. The number of imidazole rings is 1. The molecule has 9 nitrogen and oxygen atoms in total. The lowest BCUT2D eigenvalue weighted by Crippen LogP contribution is -2.43. The van der Waals surface area contributed by atoms with Crippen LogP contribution in [0.4, 0.5) is 24.9 Å². The van der Waals surface area contributed by atoms with E-state index in [2.05, 4.69) is 15.2 Å². The SMILES string of the molecule is COC[C@@H]1C[C@H](F)CN1[C@H]1CC[C@H](CNc2cc(-n3c(C(F)F)nc4ccccc43)nc(N3CCOCC3)n2)CC1. The smallest absolute Gasteiger partial charge is 0.296 e. The van der Waals surface area contributed by atoms with Crippen molar-refractivity contribution in [2.75, 3.05) is 63.3 Å².